The van der Waals surface area contributed by atoms with Gasteiger partial charge in [0.2, 0.25) is 0 Å². The van der Waals surface area contributed by atoms with Crippen LogP contribution < -0.4 is 5.32 Å². The van der Waals surface area contributed by atoms with E-state index in [1.165, 1.54) is 11.8 Å². The Labute approximate surface area is 143 Å². The lowest BCUT2D eigenvalue weighted by Crippen LogP contribution is -2.19. The zero-order valence-electron chi connectivity index (χ0n) is 11.9. The SMILES string of the molecule is O=C1NC(=NN=Cc2ccc(Cl)cc2)SC1=Cc1ccccc1. The van der Waals surface area contributed by atoms with E-state index in [9.17, 15) is 4.79 Å². The van der Waals surface area contributed by atoms with Crippen LogP contribution in [0.2, 0.25) is 5.02 Å². The van der Waals surface area contributed by atoms with Gasteiger partial charge in [-0.1, -0.05) is 54.1 Å². The molecule has 1 heterocycles. The Balaban J connectivity index is 1.69. The second-order valence-corrected chi connectivity index (χ2v) is 6.14. The van der Waals surface area contributed by atoms with Crippen molar-refractivity contribution in [3.63, 3.8) is 0 Å². The van der Waals surface area contributed by atoms with Crippen molar-refractivity contribution in [2.24, 2.45) is 10.2 Å². The molecule has 114 valence electrons. The van der Waals surface area contributed by atoms with Crippen LogP contribution in [0.3, 0.4) is 0 Å². The predicted molar refractivity (Wildman–Crippen MR) is 96.6 cm³/mol. The number of benzene rings is 2. The van der Waals surface area contributed by atoms with Crippen LogP contribution in [0, 0.1) is 0 Å². The van der Waals surface area contributed by atoms with Crippen molar-refractivity contribution in [1.29, 1.82) is 0 Å². The highest BCUT2D eigenvalue weighted by molar-refractivity contribution is 8.18. The molecule has 1 aliphatic heterocycles. The lowest BCUT2D eigenvalue weighted by molar-refractivity contribution is -0.115. The fourth-order valence-corrected chi connectivity index (χ4v) is 2.78. The Kier molecular flexibility index (Phi) is 4.90. The number of halogens is 1. The minimum atomic E-state index is -0.167. The van der Waals surface area contributed by atoms with E-state index in [1.54, 1.807) is 18.3 Å². The Morgan fingerprint density at radius 1 is 1.00 bits per heavy atom. The zero-order valence-corrected chi connectivity index (χ0v) is 13.5. The van der Waals surface area contributed by atoms with Crippen molar-refractivity contribution in [1.82, 2.24) is 5.32 Å². The van der Waals surface area contributed by atoms with E-state index in [2.05, 4.69) is 15.5 Å². The number of nitrogens with one attached hydrogen (secondary N) is 1. The summed E-state index contributed by atoms with van der Waals surface area (Å²) in [5.41, 5.74) is 1.85. The second kappa shape index (κ2) is 7.26. The van der Waals surface area contributed by atoms with Crippen molar-refractivity contribution in [3.8, 4) is 0 Å². The van der Waals surface area contributed by atoms with Crippen molar-refractivity contribution < 1.29 is 4.79 Å². The molecule has 0 unspecified atom stereocenters. The summed E-state index contributed by atoms with van der Waals surface area (Å²) >= 11 is 7.09. The third kappa shape index (κ3) is 4.31. The molecule has 23 heavy (non-hydrogen) atoms. The van der Waals surface area contributed by atoms with Crippen LogP contribution in [0.4, 0.5) is 0 Å². The quantitative estimate of drug-likeness (QED) is 0.522. The molecule has 1 N–H and O–H groups in total. The van der Waals surface area contributed by atoms with Crippen LogP contribution in [0.1, 0.15) is 11.1 Å². The number of carbonyl (C=O) groups excluding carboxylic acids is 1. The molecule has 0 atom stereocenters. The Hall–Kier alpha value is -2.37. The summed E-state index contributed by atoms with van der Waals surface area (Å²) in [7, 11) is 0. The number of carbonyl (C=O) groups is 1. The predicted octanol–water partition coefficient (Wildman–Crippen LogP) is 3.93. The van der Waals surface area contributed by atoms with Gasteiger partial charge < -0.3 is 0 Å². The molecule has 0 radical (unpaired) electrons. The zero-order chi connectivity index (χ0) is 16.1. The largest absolute Gasteiger partial charge is 0.299 e. The highest BCUT2D eigenvalue weighted by atomic mass is 35.5. The average Bonchev–Trinajstić information content (AvgIpc) is 2.90. The summed E-state index contributed by atoms with van der Waals surface area (Å²) in [6, 6.07) is 16.9. The summed E-state index contributed by atoms with van der Waals surface area (Å²) in [5.74, 6) is -0.167. The summed E-state index contributed by atoms with van der Waals surface area (Å²) in [4.78, 5) is 12.5. The van der Waals surface area contributed by atoms with Crippen molar-refractivity contribution in [2.45, 2.75) is 0 Å². The molecule has 2 aromatic rings. The number of hydrogen-bond acceptors (Lipinski definition) is 4. The minimum absolute atomic E-state index is 0.167. The van der Waals surface area contributed by atoms with E-state index < -0.39 is 0 Å². The first-order chi connectivity index (χ1) is 11.2. The number of hydrogen-bond donors (Lipinski definition) is 1. The number of amides is 1. The Morgan fingerprint density at radius 3 is 2.48 bits per heavy atom. The minimum Gasteiger partial charge on any atom is -0.299 e. The van der Waals surface area contributed by atoms with Gasteiger partial charge in [-0.3, -0.25) is 10.1 Å². The maximum Gasteiger partial charge on any atom is 0.264 e. The van der Waals surface area contributed by atoms with Crippen LogP contribution in [-0.2, 0) is 4.79 Å². The van der Waals surface area contributed by atoms with Gasteiger partial charge >= 0.3 is 0 Å². The van der Waals surface area contributed by atoms with Crippen LogP contribution in [0.5, 0.6) is 0 Å². The van der Waals surface area contributed by atoms with Gasteiger partial charge in [-0.05, 0) is 41.1 Å². The Morgan fingerprint density at radius 2 is 1.74 bits per heavy atom. The third-order valence-electron chi connectivity index (χ3n) is 2.97. The van der Waals surface area contributed by atoms with Crippen molar-refractivity contribution >= 4 is 46.7 Å². The molecule has 1 fully saturated rings. The van der Waals surface area contributed by atoms with E-state index in [1.807, 2.05) is 48.5 Å². The second-order valence-electron chi connectivity index (χ2n) is 4.68. The lowest BCUT2D eigenvalue weighted by Gasteiger charge is -1.93. The molecule has 3 rings (SSSR count). The molecule has 4 nitrogen and oxygen atoms in total. The van der Waals surface area contributed by atoms with Gasteiger partial charge in [0, 0.05) is 5.02 Å². The van der Waals surface area contributed by atoms with Crippen molar-refractivity contribution in [3.05, 3.63) is 75.7 Å². The molecular weight excluding hydrogens is 330 g/mol. The first-order valence-electron chi connectivity index (χ1n) is 6.83. The monoisotopic (exact) mass is 341 g/mol. The highest BCUT2D eigenvalue weighted by Crippen LogP contribution is 2.25. The number of amidine groups is 1. The smallest absolute Gasteiger partial charge is 0.264 e. The van der Waals surface area contributed by atoms with Gasteiger partial charge in [0.1, 0.15) is 0 Å². The number of nitrogens with zero attached hydrogens (tertiary/aromatic N) is 2. The average molecular weight is 342 g/mol. The molecule has 0 aromatic heterocycles. The van der Waals surface area contributed by atoms with E-state index in [-0.39, 0.29) is 5.91 Å². The number of thioether (sulfide) groups is 1. The van der Waals surface area contributed by atoms with E-state index in [0.717, 1.165) is 11.1 Å². The fraction of sp³-hybridized carbons (Fsp3) is 0. The molecule has 6 heteroatoms. The normalized spacial score (nSPS) is 18.0. The van der Waals surface area contributed by atoms with Gasteiger partial charge in [-0.15, -0.1) is 5.10 Å². The van der Waals surface area contributed by atoms with Crippen LogP contribution in [-0.4, -0.2) is 17.3 Å². The van der Waals surface area contributed by atoms with Gasteiger partial charge in [0.05, 0.1) is 11.1 Å². The Bertz CT molecular complexity index is 798. The molecular formula is C17H12ClN3OS. The molecule has 1 aliphatic rings. The van der Waals surface area contributed by atoms with Crippen molar-refractivity contribution in [2.75, 3.05) is 0 Å². The first kappa shape index (κ1) is 15.5. The van der Waals surface area contributed by atoms with E-state index >= 15 is 0 Å². The third-order valence-corrected chi connectivity index (χ3v) is 4.13. The van der Waals surface area contributed by atoms with Gasteiger partial charge in [0.15, 0.2) is 5.17 Å². The summed E-state index contributed by atoms with van der Waals surface area (Å²) < 4.78 is 0. The molecule has 0 spiro atoms. The fourth-order valence-electron chi connectivity index (χ4n) is 1.87. The van der Waals surface area contributed by atoms with Gasteiger partial charge in [-0.2, -0.15) is 5.10 Å². The summed E-state index contributed by atoms with van der Waals surface area (Å²) in [5, 5.41) is 11.8. The summed E-state index contributed by atoms with van der Waals surface area (Å²) in [6.45, 7) is 0. The standard InChI is InChI=1S/C17H12ClN3OS/c18-14-8-6-13(7-9-14)11-19-21-17-20-16(22)15(23-17)10-12-4-2-1-3-5-12/h1-11H,(H,20,21,22). The molecule has 0 aliphatic carbocycles. The molecule has 1 saturated heterocycles. The van der Waals surface area contributed by atoms with Crippen LogP contribution in [0.15, 0.2) is 69.7 Å². The molecule has 1 amide bonds. The van der Waals surface area contributed by atoms with Crippen LogP contribution >= 0.6 is 23.4 Å². The first-order valence-corrected chi connectivity index (χ1v) is 8.03. The molecule has 0 bridgehead atoms. The molecule has 2 aromatic carbocycles. The lowest BCUT2D eigenvalue weighted by atomic mass is 10.2. The maximum atomic E-state index is 11.9. The topological polar surface area (TPSA) is 53.8 Å². The highest BCUT2D eigenvalue weighted by Gasteiger charge is 2.23. The summed E-state index contributed by atoms with van der Waals surface area (Å²) in [6.07, 6.45) is 3.43. The van der Waals surface area contributed by atoms with Gasteiger partial charge in [0.25, 0.3) is 5.91 Å². The number of rotatable bonds is 3. The molecule has 0 saturated carbocycles. The van der Waals surface area contributed by atoms with E-state index in [4.69, 9.17) is 11.6 Å². The van der Waals surface area contributed by atoms with Gasteiger partial charge in [-0.25, -0.2) is 0 Å². The maximum absolute atomic E-state index is 11.9. The van der Waals surface area contributed by atoms with Crippen LogP contribution in [0.25, 0.3) is 6.08 Å². The van der Waals surface area contributed by atoms with E-state index in [0.29, 0.717) is 15.1 Å².